The van der Waals surface area contributed by atoms with Gasteiger partial charge in [0.25, 0.3) is 0 Å². The van der Waals surface area contributed by atoms with Gasteiger partial charge in [0.1, 0.15) is 0 Å². The first-order valence-corrected chi connectivity index (χ1v) is 24.6. The van der Waals surface area contributed by atoms with Gasteiger partial charge in [0, 0.05) is 0 Å². The van der Waals surface area contributed by atoms with Gasteiger partial charge in [-0.05, 0) is 39.5 Å². The molecule has 0 fully saturated rings. The van der Waals surface area contributed by atoms with Crippen LogP contribution in [-0.2, 0) is 41.5 Å². The first-order valence-electron chi connectivity index (χ1n) is 23.4. The molecule has 0 aromatic heterocycles. The summed E-state index contributed by atoms with van der Waals surface area (Å²) in [7, 11) is 0. The number of hydrogen-bond donors (Lipinski definition) is 0. The number of allylic oxidation sites excluding steroid dienone is 4. The van der Waals surface area contributed by atoms with Crippen molar-refractivity contribution in [3.63, 3.8) is 0 Å². The van der Waals surface area contributed by atoms with Gasteiger partial charge in [0.15, 0.2) is 0 Å². The Hall–Kier alpha value is -5.43. The van der Waals surface area contributed by atoms with E-state index in [0.29, 0.717) is 0 Å². The fourth-order valence-corrected chi connectivity index (χ4v) is 10.9. The van der Waals surface area contributed by atoms with E-state index in [4.69, 9.17) is 0 Å². The van der Waals surface area contributed by atoms with Crippen LogP contribution in [-0.4, -0.2) is 3.21 Å². The second-order valence-corrected chi connectivity index (χ2v) is 20.8. The van der Waals surface area contributed by atoms with Gasteiger partial charge < -0.3 is 0 Å². The third-order valence-electron chi connectivity index (χ3n) is 12.6. The number of hydrogen-bond acceptors (Lipinski definition) is 0. The van der Waals surface area contributed by atoms with E-state index < -0.39 is 0 Å². The zero-order valence-electron chi connectivity index (χ0n) is 40.2. The molecule has 0 amide bonds. The van der Waals surface area contributed by atoms with Gasteiger partial charge in [-0.1, -0.05) is 131 Å². The summed E-state index contributed by atoms with van der Waals surface area (Å²) in [5, 5.41) is 0. The molecule has 10 rings (SSSR count). The second-order valence-electron chi connectivity index (χ2n) is 19.4. The summed E-state index contributed by atoms with van der Waals surface area (Å²) in [6, 6.07) is 76.5. The van der Waals surface area contributed by atoms with Gasteiger partial charge in [0.2, 0.25) is 0 Å². The Morgan fingerprint density at radius 3 is 1.24 bits per heavy atom. The van der Waals surface area contributed by atoms with Crippen LogP contribution in [0.4, 0.5) is 0 Å². The molecule has 0 atom stereocenters. The minimum absolute atomic E-state index is 0. The van der Waals surface area contributed by atoms with Gasteiger partial charge in [-0.25, -0.2) is 12.2 Å². The van der Waals surface area contributed by atoms with Crippen LogP contribution in [0.5, 0.6) is 0 Å². The van der Waals surface area contributed by atoms with Crippen LogP contribution in [0.25, 0.3) is 33.4 Å². The monoisotopic (exact) mass is 1000 g/mol. The standard InChI is InChI=1S/C33H33.C27H22.C5H5.2ClH.Zr/c1-32(2,3)30-20-26-24(18-28(30)22-13-9-7-10-14-22)17-25-19-29(23-15-11-8-12-16-23)31(21-27(25)26)33(4,5)6;1-5-13-22(14-6-1)26(23-15-7-2-8-16-23)21-27(24-17-9-3-10-18-24)25-19-11-4-12-20-25;1-2-4-5-3-1;;;/h7-16,18,20-21H,17H2,1-6H3;1-20,26-27H;1-3H,4H2;2*1H;/q-1;;-1;;;+2. The van der Waals surface area contributed by atoms with E-state index in [1.807, 2.05) is 12.2 Å². The molecule has 0 nitrogen and oxygen atoms in total. The molecule has 68 heavy (non-hydrogen) atoms. The normalized spacial score (nSPS) is 12.1. The Kier molecular flexibility index (Phi) is 18.1. The zero-order chi connectivity index (χ0) is 46.1. The molecule has 0 saturated heterocycles. The number of fused-ring (bicyclic) bond motifs is 3. The second kappa shape index (κ2) is 23.7. The summed E-state index contributed by atoms with van der Waals surface area (Å²) in [5.74, 6) is 0.567. The van der Waals surface area contributed by atoms with Crippen LogP contribution in [0.1, 0.15) is 104 Å². The minimum atomic E-state index is 0. The van der Waals surface area contributed by atoms with Gasteiger partial charge in [0.05, 0.1) is 0 Å². The summed E-state index contributed by atoms with van der Waals surface area (Å²) >= 11 is 1.47. The Morgan fingerprint density at radius 1 is 0.471 bits per heavy atom. The topological polar surface area (TPSA) is 0 Å². The van der Waals surface area contributed by atoms with Crippen LogP contribution in [0.15, 0.2) is 218 Å². The van der Waals surface area contributed by atoms with E-state index in [2.05, 4.69) is 260 Å². The molecule has 0 bridgehead atoms. The van der Waals surface area contributed by atoms with Crippen LogP contribution >= 0.6 is 24.8 Å². The SMILES string of the molecule is CC(C)(C)c1cc2c([c-]c1-c1ccccc1)Cc1cc(-c3ccccc3)c(C(C)(C)C)cc1-2.Cl.Cl.[C-]1=CC=CC1.[Zr+2]=[C](C(c1ccccc1)c1ccccc1)C(c1ccccc1)c1ccccc1. The molecule has 340 valence electrons. The first-order chi connectivity index (χ1) is 32.0. The van der Waals surface area contributed by atoms with Crippen molar-refractivity contribution < 1.29 is 24.2 Å². The molecule has 8 aromatic carbocycles. The van der Waals surface area contributed by atoms with Gasteiger partial charge in [-0.2, -0.15) is 6.08 Å². The molecule has 3 heteroatoms. The quantitative estimate of drug-likeness (QED) is 0.133. The number of rotatable bonds is 8. The molecule has 0 N–H and O–H groups in total. The maximum atomic E-state index is 3.88. The van der Waals surface area contributed by atoms with Crippen LogP contribution in [0, 0.1) is 12.1 Å². The van der Waals surface area contributed by atoms with Crippen molar-refractivity contribution in [3.8, 4) is 33.4 Å². The summed E-state index contributed by atoms with van der Waals surface area (Å²) in [6.07, 6.45) is 10.9. The molecule has 2 aliphatic carbocycles. The van der Waals surface area contributed by atoms with E-state index in [0.717, 1.165) is 12.8 Å². The van der Waals surface area contributed by atoms with Crippen molar-refractivity contribution in [2.75, 3.05) is 0 Å². The molecule has 0 radical (unpaired) electrons. The van der Waals surface area contributed by atoms with Gasteiger partial charge >= 0.3 is 183 Å². The zero-order valence-corrected chi connectivity index (χ0v) is 44.3. The molecule has 0 spiro atoms. The van der Waals surface area contributed by atoms with E-state index in [1.54, 1.807) is 0 Å². The molecule has 8 aromatic rings. The molecule has 0 saturated carbocycles. The summed E-state index contributed by atoms with van der Waals surface area (Å²) < 4.78 is 1.53. The van der Waals surface area contributed by atoms with E-state index in [9.17, 15) is 0 Å². The van der Waals surface area contributed by atoms with Crippen molar-refractivity contribution >= 4 is 28.0 Å². The van der Waals surface area contributed by atoms with Crippen LogP contribution in [0.3, 0.4) is 0 Å². The molecule has 0 aliphatic heterocycles. The third kappa shape index (κ3) is 12.4. The van der Waals surface area contributed by atoms with Crippen LogP contribution < -0.4 is 0 Å². The van der Waals surface area contributed by atoms with Crippen LogP contribution in [0.2, 0.25) is 0 Å². The summed E-state index contributed by atoms with van der Waals surface area (Å²) in [6.45, 7) is 13.9. The van der Waals surface area contributed by atoms with Crippen molar-refractivity contribution in [1.29, 1.82) is 0 Å². The van der Waals surface area contributed by atoms with Gasteiger partial charge in [-0.15, -0.1) is 60.1 Å². The maximum absolute atomic E-state index is 3.88. The predicted octanol–water partition coefficient (Wildman–Crippen LogP) is 17.5. The Bertz CT molecular complexity index is 2630. The summed E-state index contributed by atoms with van der Waals surface area (Å²) in [5.41, 5.74) is 18.9. The van der Waals surface area contributed by atoms with Crippen molar-refractivity contribution in [1.82, 2.24) is 0 Å². The van der Waals surface area contributed by atoms with Crippen molar-refractivity contribution in [2.24, 2.45) is 0 Å². The molecule has 0 heterocycles. The van der Waals surface area contributed by atoms with Crippen molar-refractivity contribution in [3.05, 3.63) is 275 Å². The molecular formula is C65H62Cl2Zr. The fourth-order valence-electron chi connectivity index (χ4n) is 9.29. The Balaban J connectivity index is 0.000000199. The molecule has 2 aliphatic rings. The number of benzene rings is 8. The van der Waals surface area contributed by atoms with E-state index >= 15 is 0 Å². The Labute approximate surface area is 434 Å². The van der Waals surface area contributed by atoms with E-state index in [1.165, 1.54) is 105 Å². The average molecular weight is 1010 g/mol. The summed E-state index contributed by atoms with van der Waals surface area (Å²) in [4.78, 5) is 0. The first kappa shape index (κ1) is 52.0. The molecular weight excluding hydrogens is 943 g/mol. The number of halogens is 2. The van der Waals surface area contributed by atoms with E-state index in [-0.39, 0.29) is 47.5 Å². The fraction of sp³-hybridized carbons (Fsp3) is 0.185. The van der Waals surface area contributed by atoms with Gasteiger partial charge in [-0.3, -0.25) is 6.08 Å². The average Bonchev–Trinajstić information content (AvgIpc) is 4.05. The Morgan fingerprint density at radius 2 is 0.868 bits per heavy atom. The molecule has 0 unspecified atom stereocenters. The van der Waals surface area contributed by atoms with Crippen molar-refractivity contribution in [2.45, 2.75) is 77.0 Å². The third-order valence-corrected chi connectivity index (χ3v) is 14.0. The predicted molar refractivity (Wildman–Crippen MR) is 292 cm³/mol.